The van der Waals surface area contributed by atoms with Crippen LogP contribution in [0, 0.1) is 5.92 Å². The van der Waals surface area contributed by atoms with Crippen LogP contribution >= 0.6 is 0 Å². The van der Waals surface area contributed by atoms with Crippen LogP contribution in [0.2, 0.25) is 0 Å². The number of nitrogens with zero attached hydrogens (tertiary/aromatic N) is 1. The Morgan fingerprint density at radius 2 is 1.70 bits per heavy atom. The van der Waals surface area contributed by atoms with Crippen molar-refractivity contribution in [1.82, 2.24) is 10.2 Å². The lowest BCUT2D eigenvalue weighted by Crippen LogP contribution is -2.23. The minimum atomic E-state index is 0.732. The van der Waals surface area contributed by atoms with Crippen LogP contribution in [0.15, 0.2) is 24.3 Å². The summed E-state index contributed by atoms with van der Waals surface area (Å²) in [5.41, 5.74) is 2.86. The summed E-state index contributed by atoms with van der Waals surface area (Å²) in [6.45, 7) is 14.6. The molecule has 2 heteroatoms. The summed E-state index contributed by atoms with van der Waals surface area (Å²) in [5.74, 6) is 0.732. The molecule has 114 valence electrons. The normalized spacial score (nSPS) is 11.5. The van der Waals surface area contributed by atoms with Crippen LogP contribution in [0.4, 0.5) is 0 Å². The van der Waals surface area contributed by atoms with E-state index in [2.05, 4.69) is 62.2 Å². The molecule has 0 saturated heterocycles. The standard InChI is InChI=1S/C18H32N2/c1-5-13-20(6-2)15-18-9-7-17(8-10-18)11-12-19-14-16(3)4/h7-10,16,19H,5-6,11-15H2,1-4H3. The molecule has 1 rings (SSSR count). The average molecular weight is 276 g/mol. The number of benzene rings is 1. The lowest BCUT2D eigenvalue weighted by molar-refractivity contribution is 0.280. The number of nitrogens with one attached hydrogen (secondary N) is 1. The fourth-order valence-corrected chi connectivity index (χ4v) is 2.36. The molecule has 0 atom stereocenters. The molecular weight excluding hydrogens is 244 g/mol. The number of rotatable bonds is 10. The molecule has 1 N–H and O–H groups in total. The minimum absolute atomic E-state index is 0.732. The predicted octanol–water partition coefficient (Wildman–Crippen LogP) is 3.71. The molecule has 2 nitrogen and oxygen atoms in total. The molecule has 0 fully saturated rings. The van der Waals surface area contributed by atoms with Crippen molar-refractivity contribution in [3.05, 3.63) is 35.4 Å². The first kappa shape index (κ1) is 17.2. The van der Waals surface area contributed by atoms with Crippen molar-refractivity contribution in [2.45, 2.75) is 47.1 Å². The van der Waals surface area contributed by atoms with Gasteiger partial charge in [-0.1, -0.05) is 52.0 Å². The molecular formula is C18H32N2. The zero-order chi connectivity index (χ0) is 14.8. The van der Waals surface area contributed by atoms with E-state index in [1.54, 1.807) is 0 Å². The first-order valence-electron chi connectivity index (χ1n) is 8.16. The van der Waals surface area contributed by atoms with Crippen molar-refractivity contribution in [2.75, 3.05) is 26.2 Å². The van der Waals surface area contributed by atoms with Gasteiger partial charge in [0.05, 0.1) is 0 Å². The van der Waals surface area contributed by atoms with Gasteiger partial charge in [0.15, 0.2) is 0 Å². The Morgan fingerprint density at radius 3 is 2.25 bits per heavy atom. The van der Waals surface area contributed by atoms with Gasteiger partial charge in [-0.2, -0.15) is 0 Å². The maximum absolute atomic E-state index is 3.50. The van der Waals surface area contributed by atoms with E-state index in [0.29, 0.717) is 0 Å². The molecule has 1 aromatic carbocycles. The molecule has 0 radical (unpaired) electrons. The van der Waals surface area contributed by atoms with Gasteiger partial charge in [-0.05, 0) is 56.1 Å². The Kier molecular flexibility index (Phi) is 8.56. The Bertz CT molecular complexity index is 343. The SMILES string of the molecule is CCCN(CC)Cc1ccc(CCNCC(C)C)cc1. The molecule has 0 amide bonds. The molecule has 0 bridgehead atoms. The summed E-state index contributed by atoms with van der Waals surface area (Å²) < 4.78 is 0. The van der Waals surface area contributed by atoms with Crippen molar-refractivity contribution in [2.24, 2.45) is 5.92 Å². The van der Waals surface area contributed by atoms with Crippen molar-refractivity contribution >= 4 is 0 Å². The molecule has 1 aromatic rings. The largest absolute Gasteiger partial charge is 0.316 e. The lowest BCUT2D eigenvalue weighted by atomic mass is 10.1. The van der Waals surface area contributed by atoms with Gasteiger partial charge in [0.1, 0.15) is 0 Å². The molecule has 0 spiro atoms. The van der Waals surface area contributed by atoms with Crippen LogP contribution < -0.4 is 5.32 Å². The molecule has 0 aliphatic carbocycles. The first-order valence-corrected chi connectivity index (χ1v) is 8.16. The third-order valence-electron chi connectivity index (χ3n) is 3.56. The monoisotopic (exact) mass is 276 g/mol. The maximum atomic E-state index is 3.50. The highest BCUT2D eigenvalue weighted by Gasteiger charge is 2.02. The predicted molar refractivity (Wildman–Crippen MR) is 89.1 cm³/mol. The van der Waals surface area contributed by atoms with Gasteiger partial charge < -0.3 is 5.32 Å². The van der Waals surface area contributed by atoms with Gasteiger partial charge in [0.2, 0.25) is 0 Å². The van der Waals surface area contributed by atoms with E-state index in [1.165, 1.54) is 24.1 Å². The second-order valence-electron chi connectivity index (χ2n) is 6.03. The summed E-state index contributed by atoms with van der Waals surface area (Å²) >= 11 is 0. The van der Waals surface area contributed by atoms with E-state index < -0.39 is 0 Å². The van der Waals surface area contributed by atoms with Crippen LogP contribution in [0.1, 0.15) is 45.2 Å². The molecule has 0 saturated carbocycles. The van der Waals surface area contributed by atoms with Gasteiger partial charge in [0.25, 0.3) is 0 Å². The summed E-state index contributed by atoms with van der Waals surface area (Å²) in [7, 11) is 0. The quantitative estimate of drug-likeness (QED) is 0.655. The van der Waals surface area contributed by atoms with E-state index in [-0.39, 0.29) is 0 Å². The van der Waals surface area contributed by atoms with E-state index in [9.17, 15) is 0 Å². The summed E-state index contributed by atoms with van der Waals surface area (Å²) in [4.78, 5) is 2.50. The minimum Gasteiger partial charge on any atom is -0.316 e. The number of hydrogen-bond donors (Lipinski definition) is 1. The smallest absolute Gasteiger partial charge is 0.0233 e. The van der Waals surface area contributed by atoms with E-state index in [0.717, 1.165) is 38.5 Å². The molecule has 0 aliphatic rings. The fourth-order valence-electron chi connectivity index (χ4n) is 2.36. The summed E-state index contributed by atoms with van der Waals surface area (Å²) in [6, 6.07) is 9.14. The third kappa shape index (κ3) is 7.06. The third-order valence-corrected chi connectivity index (χ3v) is 3.56. The van der Waals surface area contributed by atoms with Gasteiger partial charge in [-0.3, -0.25) is 4.90 Å². The summed E-state index contributed by atoms with van der Waals surface area (Å²) in [6.07, 6.45) is 2.35. The molecule has 0 unspecified atom stereocenters. The highest BCUT2D eigenvalue weighted by Crippen LogP contribution is 2.08. The van der Waals surface area contributed by atoms with E-state index >= 15 is 0 Å². The van der Waals surface area contributed by atoms with Crippen LogP contribution in [0.25, 0.3) is 0 Å². The van der Waals surface area contributed by atoms with Crippen LogP contribution in [-0.2, 0) is 13.0 Å². The Hall–Kier alpha value is -0.860. The van der Waals surface area contributed by atoms with Crippen molar-refractivity contribution in [3.8, 4) is 0 Å². The molecule has 0 aliphatic heterocycles. The molecule has 0 heterocycles. The van der Waals surface area contributed by atoms with Gasteiger partial charge in [-0.15, -0.1) is 0 Å². The second-order valence-corrected chi connectivity index (χ2v) is 6.03. The van der Waals surface area contributed by atoms with E-state index in [1.807, 2.05) is 0 Å². The second kappa shape index (κ2) is 9.95. The van der Waals surface area contributed by atoms with Crippen LogP contribution in [-0.4, -0.2) is 31.1 Å². The van der Waals surface area contributed by atoms with Gasteiger partial charge in [-0.25, -0.2) is 0 Å². The van der Waals surface area contributed by atoms with Crippen molar-refractivity contribution < 1.29 is 0 Å². The van der Waals surface area contributed by atoms with E-state index in [4.69, 9.17) is 0 Å². The van der Waals surface area contributed by atoms with Gasteiger partial charge >= 0.3 is 0 Å². The Morgan fingerprint density at radius 1 is 1.05 bits per heavy atom. The zero-order valence-electron chi connectivity index (χ0n) is 13.8. The Labute approximate surface area is 125 Å². The highest BCUT2D eigenvalue weighted by atomic mass is 15.1. The van der Waals surface area contributed by atoms with Crippen LogP contribution in [0.5, 0.6) is 0 Å². The maximum Gasteiger partial charge on any atom is 0.0233 e. The van der Waals surface area contributed by atoms with Crippen LogP contribution in [0.3, 0.4) is 0 Å². The van der Waals surface area contributed by atoms with Crippen molar-refractivity contribution in [3.63, 3.8) is 0 Å². The molecule has 20 heavy (non-hydrogen) atoms. The van der Waals surface area contributed by atoms with Gasteiger partial charge in [0, 0.05) is 6.54 Å². The van der Waals surface area contributed by atoms with Crippen molar-refractivity contribution in [1.29, 1.82) is 0 Å². The number of hydrogen-bond acceptors (Lipinski definition) is 2. The average Bonchev–Trinajstić information content (AvgIpc) is 2.44. The zero-order valence-corrected chi connectivity index (χ0v) is 13.8. The highest BCUT2D eigenvalue weighted by molar-refractivity contribution is 5.22. The Balaban J connectivity index is 2.35. The topological polar surface area (TPSA) is 15.3 Å². The molecule has 0 aromatic heterocycles. The lowest BCUT2D eigenvalue weighted by Gasteiger charge is -2.19. The fraction of sp³-hybridized carbons (Fsp3) is 0.667. The summed E-state index contributed by atoms with van der Waals surface area (Å²) in [5, 5.41) is 3.50. The first-order chi connectivity index (χ1) is 9.65.